The van der Waals surface area contributed by atoms with Crippen LogP contribution in [0.1, 0.15) is 18.1 Å². The highest BCUT2D eigenvalue weighted by Crippen LogP contribution is 2.30. The van der Waals surface area contributed by atoms with Crippen LogP contribution in [0.25, 0.3) is 0 Å². The second-order valence-corrected chi connectivity index (χ2v) is 6.14. The SMILES string of the molecule is COc1ccccc1NC(=O)NC(C)(c1ccccc1)c1ccccc1. The molecule has 0 aromatic heterocycles. The van der Waals surface area contributed by atoms with E-state index >= 15 is 0 Å². The molecule has 0 saturated carbocycles. The minimum Gasteiger partial charge on any atom is -0.495 e. The summed E-state index contributed by atoms with van der Waals surface area (Å²) in [6, 6.07) is 26.9. The normalized spacial score (nSPS) is 10.8. The summed E-state index contributed by atoms with van der Waals surface area (Å²) in [5, 5.41) is 6.00. The van der Waals surface area contributed by atoms with E-state index in [1.54, 1.807) is 13.2 Å². The highest BCUT2D eigenvalue weighted by molar-refractivity contribution is 5.91. The van der Waals surface area contributed by atoms with Crippen LogP contribution in [0, 0.1) is 0 Å². The molecule has 0 saturated heterocycles. The molecule has 3 aromatic rings. The number of hydrogen-bond donors (Lipinski definition) is 2. The summed E-state index contributed by atoms with van der Waals surface area (Å²) < 4.78 is 5.30. The summed E-state index contributed by atoms with van der Waals surface area (Å²) in [7, 11) is 1.58. The molecule has 26 heavy (non-hydrogen) atoms. The van der Waals surface area contributed by atoms with Gasteiger partial charge in [-0.25, -0.2) is 4.79 Å². The largest absolute Gasteiger partial charge is 0.495 e. The number of benzene rings is 3. The van der Waals surface area contributed by atoms with E-state index in [0.717, 1.165) is 11.1 Å². The van der Waals surface area contributed by atoms with Crippen LogP contribution in [-0.2, 0) is 5.54 Å². The fraction of sp³-hybridized carbons (Fsp3) is 0.136. The second-order valence-electron chi connectivity index (χ2n) is 6.14. The maximum atomic E-state index is 12.8. The van der Waals surface area contributed by atoms with Crippen LogP contribution in [0.4, 0.5) is 10.5 Å². The number of rotatable bonds is 5. The van der Waals surface area contributed by atoms with E-state index in [0.29, 0.717) is 11.4 Å². The average molecular weight is 346 g/mol. The lowest BCUT2D eigenvalue weighted by Gasteiger charge is -2.32. The molecule has 0 unspecified atom stereocenters. The van der Waals surface area contributed by atoms with Gasteiger partial charge in [-0.1, -0.05) is 72.8 Å². The van der Waals surface area contributed by atoms with Crippen molar-refractivity contribution in [2.45, 2.75) is 12.5 Å². The van der Waals surface area contributed by atoms with E-state index in [9.17, 15) is 4.79 Å². The predicted octanol–water partition coefficient (Wildman–Crippen LogP) is 4.78. The summed E-state index contributed by atoms with van der Waals surface area (Å²) >= 11 is 0. The Balaban J connectivity index is 1.90. The Morgan fingerprint density at radius 1 is 0.808 bits per heavy atom. The van der Waals surface area contributed by atoms with Crippen molar-refractivity contribution in [3.63, 3.8) is 0 Å². The van der Waals surface area contributed by atoms with Crippen molar-refractivity contribution >= 4 is 11.7 Å². The number of carbonyl (C=O) groups excluding carboxylic acids is 1. The second kappa shape index (κ2) is 7.74. The van der Waals surface area contributed by atoms with Crippen LogP contribution < -0.4 is 15.4 Å². The van der Waals surface area contributed by atoms with Crippen LogP contribution in [-0.4, -0.2) is 13.1 Å². The average Bonchev–Trinajstić information content (AvgIpc) is 2.69. The van der Waals surface area contributed by atoms with E-state index < -0.39 is 5.54 Å². The third-order valence-corrected chi connectivity index (χ3v) is 4.42. The Labute approximate surface area is 153 Å². The molecule has 2 N–H and O–H groups in total. The molecule has 0 heterocycles. The van der Waals surface area contributed by atoms with Crippen molar-refractivity contribution in [2.75, 3.05) is 12.4 Å². The predicted molar refractivity (Wildman–Crippen MR) is 104 cm³/mol. The van der Waals surface area contributed by atoms with Crippen molar-refractivity contribution in [1.29, 1.82) is 0 Å². The highest BCUT2D eigenvalue weighted by Gasteiger charge is 2.30. The van der Waals surface area contributed by atoms with Crippen molar-refractivity contribution < 1.29 is 9.53 Å². The third kappa shape index (κ3) is 3.70. The lowest BCUT2D eigenvalue weighted by Crippen LogP contribution is -2.46. The van der Waals surface area contributed by atoms with Gasteiger partial charge in [0, 0.05) is 0 Å². The topological polar surface area (TPSA) is 50.4 Å². The van der Waals surface area contributed by atoms with Gasteiger partial charge in [-0.05, 0) is 30.2 Å². The van der Waals surface area contributed by atoms with E-state index in [-0.39, 0.29) is 6.03 Å². The molecule has 0 radical (unpaired) electrons. The zero-order chi connectivity index (χ0) is 18.4. The lowest BCUT2D eigenvalue weighted by molar-refractivity contribution is 0.244. The molecule has 4 heteroatoms. The van der Waals surface area contributed by atoms with Gasteiger partial charge in [-0.2, -0.15) is 0 Å². The highest BCUT2D eigenvalue weighted by atomic mass is 16.5. The van der Waals surface area contributed by atoms with Gasteiger partial charge in [0.15, 0.2) is 0 Å². The fourth-order valence-electron chi connectivity index (χ4n) is 2.98. The van der Waals surface area contributed by atoms with Gasteiger partial charge in [-0.3, -0.25) is 0 Å². The Bertz CT molecular complexity index is 824. The Hall–Kier alpha value is -3.27. The smallest absolute Gasteiger partial charge is 0.320 e. The Morgan fingerprint density at radius 2 is 1.31 bits per heavy atom. The summed E-state index contributed by atoms with van der Waals surface area (Å²) in [6.07, 6.45) is 0. The summed E-state index contributed by atoms with van der Waals surface area (Å²) in [5.74, 6) is 0.615. The van der Waals surface area contributed by atoms with Crippen LogP contribution in [0.15, 0.2) is 84.9 Å². The first-order valence-electron chi connectivity index (χ1n) is 8.47. The van der Waals surface area contributed by atoms with Crippen molar-refractivity contribution in [3.8, 4) is 5.75 Å². The number of nitrogens with one attached hydrogen (secondary N) is 2. The fourth-order valence-corrected chi connectivity index (χ4v) is 2.98. The Kier molecular flexibility index (Phi) is 5.23. The molecule has 0 bridgehead atoms. The van der Waals surface area contributed by atoms with E-state index in [1.807, 2.05) is 85.8 Å². The first-order valence-corrected chi connectivity index (χ1v) is 8.47. The molecule has 0 fully saturated rings. The zero-order valence-electron chi connectivity index (χ0n) is 14.9. The molecule has 2 amide bonds. The van der Waals surface area contributed by atoms with Crippen LogP contribution in [0.5, 0.6) is 5.75 Å². The number of carbonyl (C=O) groups is 1. The summed E-state index contributed by atoms with van der Waals surface area (Å²) in [5.41, 5.74) is 1.95. The number of urea groups is 1. The summed E-state index contributed by atoms with van der Waals surface area (Å²) in [4.78, 5) is 12.8. The number of ether oxygens (including phenoxy) is 1. The van der Waals surface area contributed by atoms with Crippen LogP contribution in [0.3, 0.4) is 0 Å². The van der Waals surface area contributed by atoms with Crippen LogP contribution in [0.2, 0.25) is 0 Å². The van der Waals surface area contributed by atoms with Gasteiger partial charge < -0.3 is 15.4 Å². The van der Waals surface area contributed by atoms with E-state index in [1.165, 1.54) is 0 Å². The minimum atomic E-state index is -0.672. The van der Waals surface area contributed by atoms with E-state index in [2.05, 4.69) is 10.6 Å². The first kappa shape index (κ1) is 17.5. The zero-order valence-corrected chi connectivity index (χ0v) is 14.9. The monoisotopic (exact) mass is 346 g/mol. The van der Waals surface area contributed by atoms with Crippen LogP contribution >= 0.6 is 0 Å². The molecular formula is C22H22N2O2. The minimum absolute atomic E-state index is 0.301. The molecule has 132 valence electrons. The number of para-hydroxylation sites is 2. The maximum Gasteiger partial charge on any atom is 0.320 e. The number of hydrogen-bond acceptors (Lipinski definition) is 2. The van der Waals surface area contributed by atoms with Gasteiger partial charge in [0.2, 0.25) is 0 Å². The molecule has 0 aliphatic rings. The van der Waals surface area contributed by atoms with Gasteiger partial charge in [0.25, 0.3) is 0 Å². The third-order valence-electron chi connectivity index (χ3n) is 4.42. The molecule has 0 aliphatic heterocycles. The van der Waals surface area contributed by atoms with Gasteiger partial charge in [0.05, 0.1) is 18.3 Å². The number of methoxy groups -OCH3 is 1. The molecule has 4 nitrogen and oxygen atoms in total. The molecule has 3 aromatic carbocycles. The molecule has 0 spiro atoms. The molecular weight excluding hydrogens is 324 g/mol. The van der Waals surface area contributed by atoms with Gasteiger partial charge in [-0.15, -0.1) is 0 Å². The maximum absolute atomic E-state index is 12.8. The quantitative estimate of drug-likeness (QED) is 0.698. The standard InChI is InChI=1S/C22H22N2O2/c1-22(17-11-5-3-6-12-17,18-13-7-4-8-14-18)24-21(25)23-19-15-9-10-16-20(19)26-2/h3-16H,1-2H3,(H2,23,24,25). The van der Waals surface area contributed by atoms with E-state index in [4.69, 9.17) is 4.74 Å². The molecule has 0 aliphatic carbocycles. The number of anilines is 1. The molecule has 3 rings (SSSR count). The van der Waals surface area contributed by atoms with Gasteiger partial charge in [0.1, 0.15) is 5.75 Å². The summed E-state index contributed by atoms with van der Waals surface area (Å²) in [6.45, 7) is 2.00. The lowest BCUT2D eigenvalue weighted by atomic mass is 9.85. The van der Waals surface area contributed by atoms with Gasteiger partial charge >= 0.3 is 6.03 Å². The first-order chi connectivity index (χ1) is 12.6. The van der Waals surface area contributed by atoms with Crippen molar-refractivity contribution in [1.82, 2.24) is 5.32 Å². The Morgan fingerprint density at radius 3 is 1.85 bits per heavy atom. The molecule has 0 atom stereocenters. The van der Waals surface area contributed by atoms with Crippen molar-refractivity contribution in [3.05, 3.63) is 96.1 Å². The number of amides is 2. The van der Waals surface area contributed by atoms with Crippen molar-refractivity contribution in [2.24, 2.45) is 0 Å².